The Kier molecular flexibility index (Phi) is 6.40. The van der Waals surface area contributed by atoms with E-state index in [2.05, 4.69) is 10.6 Å². The molecular formula is C17H20ClN3O3. The number of amides is 2. The van der Waals surface area contributed by atoms with E-state index in [0.717, 1.165) is 0 Å². The lowest BCUT2D eigenvalue weighted by atomic mass is 10.2. The molecule has 2 rings (SSSR count). The lowest BCUT2D eigenvalue weighted by molar-refractivity contribution is -0.123. The van der Waals surface area contributed by atoms with Gasteiger partial charge >= 0.3 is 0 Å². The average Bonchev–Trinajstić information content (AvgIpc) is 3.03. The summed E-state index contributed by atoms with van der Waals surface area (Å²) in [7, 11) is 1.71. The smallest absolute Gasteiger partial charge is 0.238 e. The summed E-state index contributed by atoms with van der Waals surface area (Å²) in [5.74, 6) is 0.305. The van der Waals surface area contributed by atoms with Crippen molar-refractivity contribution in [2.24, 2.45) is 0 Å². The summed E-state index contributed by atoms with van der Waals surface area (Å²) in [5, 5.41) is 6.18. The van der Waals surface area contributed by atoms with Gasteiger partial charge in [0, 0.05) is 10.7 Å². The van der Waals surface area contributed by atoms with Gasteiger partial charge in [-0.2, -0.15) is 0 Å². The molecule has 24 heavy (non-hydrogen) atoms. The zero-order valence-corrected chi connectivity index (χ0v) is 14.3. The quantitative estimate of drug-likeness (QED) is 0.806. The largest absolute Gasteiger partial charge is 0.467 e. The van der Waals surface area contributed by atoms with Crippen molar-refractivity contribution in [1.29, 1.82) is 0 Å². The highest BCUT2D eigenvalue weighted by Crippen LogP contribution is 2.13. The summed E-state index contributed by atoms with van der Waals surface area (Å²) in [6.45, 7) is 2.05. The van der Waals surface area contributed by atoms with Crippen LogP contribution in [-0.2, 0) is 9.59 Å². The number of hydrogen-bond acceptors (Lipinski definition) is 4. The molecule has 7 heteroatoms. The topological polar surface area (TPSA) is 74.6 Å². The Balaban J connectivity index is 1.75. The van der Waals surface area contributed by atoms with Crippen LogP contribution in [0.4, 0.5) is 5.69 Å². The highest BCUT2D eigenvalue weighted by Gasteiger charge is 2.15. The van der Waals surface area contributed by atoms with E-state index in [-0.39, 0.29) is 30.9 Å². The maximum atomic E-state index is 12.0. The summed E-state index contributed by atoms with van der Waals surface area (Å²) < 4.78 is 5.24. The van der Waals surface area contributed by atoms with Crippen LogP contribution in [-0.4, -0.2) is 36.9 Å². The van der Waals surface area contributed by atoms with Crippen LogP contribution in [0.5, 0.6) is 0 Å². The molecule has 0 aliphatic carbocycles. The van der Waals surface area contributed by atoms with E-state index in [4.69, 9.17) is 16.0 Å². The van der Waals surface area contributed by atoms with Gasteiger partial charge in [-0.25, -0.2) is 0 Å². The normalized spacial score (nSPS) is 12.0. The first-order valence-corrected chi connectivity index (χ1v) is 7.88. The van der Waals surface area contributed by atoms with E-state index in [1.54, 1.807) is 54.6 Å². The molecule has 2 N–H and O–H groups in total. The van der Waals surface area contributed by atoms with Gasteiger partial charge < -0.3 is 15.1 Å². The molecule has 6 nitrogen and oxygen atoms in total. The Bertz CT molecular complexity index is 671. The van der Waals surface area contributed by atoms with E-state index in [9.17, 15) is 9.59 Å². The number of hydrogen-bond donors (Lipinski definition) is 2. The van der Waals surface area contributed by atoms with Crippen LogP contribution in [0, 0.1) is 0 Å². The minimum Gasteiger partial charge on any atom is -0.467 e. The Morgan fingerprint density at radius 3 is 2.46 bits per heavy atom. The summed E-state index contributed by atoms with van der Waals surface area (Å²) >= 11 is 5.80. The van der Waals surface area contributed by atoms with Gasteiger partial charge in [-0.05, 0) is 50.4 Å². The third-order valence-electron chi connectivity index (χ3n) is 3.30. The number of nitrogens with zero attached hydrogens (tertiary/aromatic N) is 1. The van der Waals surface area contributed by atoms with E-state index in [1.807, 2.05) is 6.92 Å². The van der Waals surface area contributed by atoms with Gasteiger partial charge in [0.1, 0.15) is 5.76 Å². The third-order valence-corrected chi connectivity index (χ3v) is 3.55. The van der Waals surface area contributed by atoms with Gasteiger partial charge in [0.15, 0.2) is 0 Å². The highest BCUT2D eigenvalue weighted by molar-refractivity contribution is 6.30. The Hall–Kier alpha value is -2.31. The molecule has 2 aromatic rings. The summed E-state index contributed by atoms with van der Waals surface area (Å²) in [6.07, 6.45) is 1.56. The molecule has 1 heterocycles. The lowest BCUT2D eigenvalue weighted by Crippen LogP contribution is -2.39. The maximum Gasteiger partial charge on any atom is 0.238 e. The van der Waals surface area contributed by atoms with Crippen molar-refractivity contribution in [2.45, 2.75) is 13.0 Å². The summed E-state index contributed by atoms with van der Waals surface area (Å²) in [5.41, 5.74) is 0.661. The number of carbonyl (C=O) groups excluding carboxylic acids is 2. The lowest BCUT2D eigenvalue weighted by Gasteiger charge is -2.18. The molecule has 1 aromatic carbocycles. The predicted octanol–water partition coefficient (Wildman–Crippen LogP) is 2.68. The Labute approximate surface area is 145 Å². The average molecular weight is 350 g/mol. The molecule has 128 valence electrons. The second-order valence-corrected chi connectivity index (χ2v) is 5.97. The zero-order valence-electron chi connectivity index (χ0n) is 13.6. The van der Waals surface area contributed by atoms with Crippen LogP contribution in [0.25, 0.3) is 0 Å². The number of furan rings is 1. The zero-order chi connectivity index (χ0) is 17.5. The van der Waals surface area contributed by atoms with Crippen LogP contribution in [0.1, 0.15) is 18.7 Å². The minimum atomic E-state index is -0.219. The number of rotatable bonds is 7. The minimum absolute atomic E-state index is 0.102. The van der Waals surface area contributed by atoms with Gasteiger partial charge in [0.25, 0.3) is 0 Å². The van der Waals surface area contributed by atoms with Crippen molar-refractivity contribution in [1.82, 2.24) is 10.2 Å². The molecular weight excluding hydrogens is 330 g/mol. The van der Waals surface area contributed by atoms with Crippen LogP contribution >= 0.6 is 11.6 Å². The van der Waals surface area contributed by atoms with E-state index >= 15 is 0 Å². The third kappa shape index (κ3) is 5.72. The first-order chi connectivity index (χ1) is 11.4. The first kappa shape index (κ1) is 18.0. The molecule has 2 amide bonds. The van der Waals surface area contributed by atoms with Gasteiger partial charge in [-0.15, -0.1) is 0 Å². The van der Waals surface area contributed by atoms with Crippen molar-refractivity contribution in [3.05, 3.63) is 53.4 Å². The van der Waals surface area contributed by atoms with Crippen LogP contribution in [0.2, 0.25) is 5.02 Å². The number of nitrogens with one attached hydrogen (secondary N) is 2. The fourth-order valence-corrected chi connectivity index (χ4v) is 2.30. The number of likely N-dealkylation sites (N-methyl/N-ethyl adjacent to an activating group) is 1. The molecule has 0 saturated heterocycles. The molecule has 1 atom stereocenters. The molecule has 0 bridgehead atoms. The Morgan fingerprint density at radius 2 is 1.83 bits per heavy atom. The van der Waals surface area contributed by atoms with Crippen LogP contribution in [0.15, 0.2) is 47.1 Å². The second kappa shape index (κ2) is 8.52. The number of halogens is 1. The monoisotopic (exact) mass is 349 g/mol. The van der Waals surface area contributed by atoms with Gasteiger partial charge in [0.2, 0.25) is 11.8 Å². The van der Waals surface area contributed by atoms with E-state index in [0.29, 0.717) is 16.5 Å². The van der Waals surface area contributed by atoms with Gasteiger partial charge in [-0.1, -0.05) is 11.6 Å². The van der Waals surface area contributed by atoms with Crippen LogP contribution in [0.3, 0.4) is 0 Å². The molecule has 0 radical (unpaired) electrons. The molecule has 0 fully saturated rings. The first-order valence-electron chi connectivity index (χ1n) is 7.51. The molecule has 0 aliphatic heterocycles. The Morgan fingerprint density at radius 1 is 1.17 bits per heavy atom. The van der Waals surface area contributed by atoms with Crippen molar-refractivity contribution in [2.75, 3.05) is 25.5 Å². The molecule has 1 unspecified atom stereocenters. The highest BCUT2D eigenvalue weighted by atomic mass is 35.5. The molecule has 0 spiro atoms. The van der Waals surface area contributed by atoms with Gasteiger partial charge in [0.05, 0.1) is 25.4 Å². The van der Waals surface area contributed by atoms with Crippen LogP contribution < -0.4 is 10.6 Å². The van der Waals surface area contributed by atoms with Gasteiger partial charge in [-0.3, -0.25) is 14.5 Å². The fraction of sp³-hybridized carbons (Fsp3) is 0.294. The molecule has 0 aliphatic rings. The second-order valence-electron chi connectivity index (χ2n) is 5.53. The van der Waals surface area contributed by atoms with E-state index in [1.165, 1.54) is 0 Å². The SMILES string of the molecule is CC(NC(=O)CN(C)CC(=O)Nc1ccc(Cl)cc1)c1ccco1. The maximum absolute atomic E-state index is 12.0. The van der Waals surface area contributed by atoms with Crippen molar-refractivity contribution in [3.8, 4) is 0 Å². The van der Waals surface area contributed by atoms with Crippen molar-refractivity contribution < 1.29 is 14.0 Å². The van der Waals surface area contributed by atoms with Crippen molar-refractivity contribution >= 4 is 29.1 Å². The summed E-state index contributed by atoms with van der Waals surface area (Å²) in [4.78, 5) is 25.6. The molecule has 0 saturated carbocycles. The number of anilines is 1. The standard InChI is InChI=1S/C17H20ClN3O3/c1-12(15-4-3-9-24-15)19-16(22)10-21(2)11-17(23)20-14-7-5-13(18)6-8-14/h3-9,12H,10-11H2,1-2H3,(H,19,22)(H,20,23). The molecule has 1 aromatic heterocycles. The predicted molar refractivity (Wildman–Crippen MR) is 92.8 cm³/mol. The number of carbonyl (C=O) groups is 2. The fourth-order valence-electron chi connectivity index (χ4n) is 2.18. The van der Waals surface area contributed by atoms with Crippen molar-refractivity contribution in [3.63, 3.8) is 0 Å². The number of benzene rings is 1. The summed E-state index contributed by atoms with van der Waals surface area (Å²) in [6, 6.07) is 10.2. The van der Waals surface area contributed by atoms with E-state index < -0.39 is 0 Å².